The molecule has 0 amide bonds. The third kappa shape index (κ3) is 4.91. The Labute approximate surface area is 208 Å². The molecule has 5 atom stereocenters. The summed E-state index contributed by atoms with van der Waals surface area (Å²) in [7, 11) is 0. The van der Waals surface area contributed by atoms with Gasteiger partial charge in [-0.25, -0.2) is 9.59 Å². The summed E-state index contributed by atoms with van der Waals surface area (Å²) in [5, 5.41) is 10.3. The van der Waals surface area contributed by atoms with Crippen molar-refractivity contribution in [2.75, 3.05) is 6.61 Å². The van der Waals surface area contributed by atoms with Crippen molar-refractivity contribution in [1.82, 2.24) is 0 Å². The number of rotatable bonds is 4. The summed E-state index contributed by atoms with van der Waals surface area (Å²) < 4.78 is 45.8. The van der Waals surface area contributed by atoms with Crippen LogP contribution in [0, 0.1) is 0 Å². The first-order valence-corrected chi connectivity index (χ1v) is 11.8. The Morgan fingerprint density at radius 3 is 2.46 bits per heavy atom. The van der Waals surface area contributed by atoms with Gasteiger partial charge in [0.2, 0.25) is 0 Å². The molecule has 3 fully saturated rings. The summed E-state index contributed by atoms with van der Waals surface area (Å²) >= 11 is 3.22. The zero-order chi connectivity index (χ0) is 25.1. The molecular formula is C23H25BrO11. The number of phenolic OH excluding ortho intramolecular Hbond substituents is 1. The van der Waals surface area contributed by atoms with Crippen LogP contribution >= 0.6 is 15.9 Å². The van der Waals surface area contributed by atoms with Crippen LogP contribution < -0.4 is 5.63 Å². The maximum absolute atomic E-state index is 12.4. The lowest BCUT2D eigenvalue weighted by Gasteiger charge is -2.36. The number of halogens is 1. The van der Waals surface area contributed by atoms with Crippen LogP contribution in [0.1, 0.15) is 33.3 Å². The second-order valence-corrected chi connectivity index (χ2v) is 10.3. The monoisotopic (exact) mass is 556 g/mol. The van der Waals surface area contributed by atoms with Gasteiger partial charge in [0, 0.05) is 23.1 Å². The van der Waals surface area contributed by atoms with Crippen LogP contribution in [0.15, 0.2) is 31.9 Å². The van der Waals surface area contributed by atoms with Gasteiger partial charge in [0.05, 0.1) is 4.47 Å². The summed E-state index contributed by atoms with van der Waals surface area (Å²) in [4.78, 5) is 24.2. The maximum Gasteiger partial charge on any atom is 0.508 e. The molecule has 11 nitrogen and oxygen atoms in total. The van der Waals surface area contributed by atoms with Crippen molar-refractivity contribution in [3.63, 3.8) is 0 Å². The fourth-order valence-electron chi connectivity index (χ4n) is 4.51. The van der Waals surface area contributed by atoms with E-state index in [0.717, 1.165) is 0 Å². The van der Waals surface area contributed by atoms with Crippen molar-refractivity contribution in [1.29, 1.82) is 0 Å². The molecule has 0 saturated carbocycles. The molecule has 0 radical (unpaired) electrons. The number of benzene rings is 1. The average Bonchev–Trinajstić information content (AvgIpc) is 3.25. The van der Waals surface area contributed by atoms with E-state index in [0.29, 0.717) is 15.4 Å². The highest BCUT2D eigenvalue weighted by Gasteiger charge is 2.60. The normalized spacial score (nSPS) is 30.6. The van der Waals surface area contributed by atoms with Crippen LogP contribution in [-0.4, -0.2) is 60.1 Å². The Morgan fingerprint density at radius 2 is 1.69 bits per heavy atom. The maximum atomic E-state index is 12.4. The smallest absolute Gasteiger partial charge is 0.507 e. The molecule has 3 aliphatic rings. The Kier molecular flexibility index (Phi) is 6.09. The van der Waals surface area contributed by atoms with Crippen LogP contribution in [0.5, 0.6) is 5.75 Å². The van der Waals surface area contributed by atoms with E-state index in [-0.39, 0.29) is 24.5 Å². The second kappa shape index (κ2) is 8.71. The lowest BCUT2D eigenvalue weighted by Crippen LogP contribution is -2.56. The van der Waals surface area contributed by atoms with Gasteiger partial charge in [-0.2, -0.15) is 0 Å². The number of aromatic hydroxyl groups is 1. The van der Waals surface area contributed by atoms with Gasteiger partial charge in [0.1, 0.15) is 49.0 Å². The van der Waals surface area contributed by atoms with Gasteiger partial charge >= 0.3 is 11.8 Å². The summed E-state index contributed by atoms with van der Waals surface area (Å²) in [5.41, 5.74) is -0.104. The number of hydrogen-bond acceptors (Lipinski definition) is 11. The van der Waals surface area contributed by atoms with Gasteiger partial charge in [-0.05, 0) is 49.7 Å². The van der Waals surface area contributed by atoms with Crippen molar-refractivity contribution in [2.24, 2.45) is 0 Å². The summed E-state index contributed by atoms with van der Waals surface area (Å²) in [6.45, 7) is 6.70. The first-order chi connectivity index (χ1) is 16.4. The SMILES string of the molecule is CC1(C)O[C@H]2[C@@H](O1)[C@@H](COC(=O)OCc1cc(=O)oc3cc(O)c(Br)cc13)O[C@@H]1OC(C)(C)O[C@@H]12. The van der Waals surface area contributed by atoms with Crippen molar-refractivity contribution >= 4 is 33.1 Å². The number of phenols is 1. The van der Waals surface area contributed by atoms with E-state index in [1.165, 1.54) is 12.1 Å². The molecule has 3 aliphatic heterocycles. The van der Waals surface area contributed by atoms with Gasteiger partial charge in [0.15, 0.2) is 17.9 Å². The third-order valence-electron chi connectivity index (χ3n) is 5.86. The molecule has 0 aliphatic carbocycles. The Hall–Kier alpha value is -2.22. The highest BCUT2D eigenvalue weighted by atomic mass is 79.9. The Morgan fingerprint density at radius 1 is 1.00 bits per heavy atom. The van der Waals surface area contributed by atoms with Gasteiger partial charge in [0.25, 0.3) is 0 Å². The van der Waals surface area contributed by atoms with E-state index < -0.39 is 54.1 Å². The van der Waals surface area contributed by atoms with Crippen LogP contribution in [0.4, 0.5) is 4.79 Å². The van der Waals surface area contributed by atoms with E-state index in [2.05, 4.69) is 15.9 Å². The predicted molar refractivity (Wildman–Crippen MR) is 121 cm³/mol. The third-order valence-corrected chi connectivity index (χ3v) is 6.49. The minimum atomic E-state index is -0.964. The van der Waals surface area contributed by atoms with Crippen molar-refractivity contribution in [2.45, 2.75) is 76.6 Å². The van der Waals surface area contributed by atoms with E-state index in [1.807, 2.05) is 0 Å². The molecule has 2 aromatic rings. The predicted octanol–water partition coefficient (Wildman–Crippen LogP) is 3.31. The minimum absolute atomic E-state index is 0.0903. The van der Waals surface area contributed by atoms with Crippen molar-refractivity contribution in [3.8, 4) is 5.75 Å². The molecule has 0 unspecified atom stereocenters. The number of carbonyl (C=O) groups is 1. The van der Waals surface area contributed by atoms with Crippen LogP contribution in [0.2, 0.25) is 0 Å². The van der Waals surface area contributed by atoms with Crippen LogP contribution in [-0.2, 0) is 39.8 Å². The first-order valence-electron chi connectivity index (χ1n) is 11.0. The average molecular weight is 557 g/mol. The van der Waals surface area contributed by atoms with E-state index in [1.54, 1.807) is 33.8 Å². The highest BCUT2D eigenvalue weighted by Crippen LogP contribution is 2.44. The number of ether oxygens (including phenoxy) is 7. The first kappa shape index (κ1) is 24.5. The second-order valence-electron chi connectivity index (χ2n) is 9.45. The topological polar surface area (TPSA) is 132 Å². The molecule has 3 saturated heterocycles. The molecule has 4 heterocycles. The Balaban J connectivity index is 1.24. The zero-order valence-corrected chi connectivity index (χ0v) is 21.0. The molecule has 35 heavy (non-hydrogen) atoms. The van der Waals surface area contributed by atoms with Gasteiger partial charge < -0.3 is 42.7 Å². The van der Waals surface area contributed by atoms with Crippen LogP contribution in [0.25, 0.3) is 11.0 Å². The fourth-order valence-corrected chi connectivity index (χ4v) is 4.85. The molecule has 190 valence electrons. The van der Waals surface area contributed by atoms with E-state index >= 15 is 0 Å². The number of hydrogen-bond donors (Lipinski definition) is 1. The van der Waals surface area contributed by atoms with E-state index in [4.69, 9.17) is 37.6 Å². The molecule has 5 rings (SSSR count). The van der Waals surface area contributed by atoms with Gasteiger partial charge in [-0.1, -0.05) is 0 Å². The number of carbonyl (C=O) groups excluding carboxylic acids is 1. The summed E-state index contributed by atoms with van der Waals surface area (Å²) in [6.07, 6.45) is -3.87. The van der Waals surface area contributed by atoms with Crippen molar-refractivity contribution in [3.05, 3.63) is 38.7 Å². The molecule has 0 bridgehead atoms. The molecule has 0 spiro atoms. The van der Waals surface area contributed by atoms with Gasteiger partial charge in [-0.3, -0.25) is 0 Å². The van der Waals surface area contributed by atoms with Gasteiger partial charge in [-0.15, -0.1) is 0 Å². The molecule has 1 aromatic heterocycles. The zero-order valence-electron chi connectivity index (χ0n) is 19.4. The standard InChI is InChI=1S/C23H25BrO11/c1-22(2)32-17-15(31-20-19(18(17)33-22)34-23(3,4)35-20)9-29-21(27)28-8-10-5-16(26)30-14-7-13(25)12(24)6-11(10)14/h5-7,15,17-20,25H,8-9H2,1-4H3/t15-,17+,18+,19-,20-/m1/s1. The van der Waals surface area contributed by atoms with Crippen molar-refractivity contribution < 1.29 is 47.5 Å². The number of fused-ring (bicyclic) bond motifs is 4. The quantitative estimate of drug-likeness (QED) is 0.439. The summed E-state index contributed by atoms with van der Waals surface area (Å²) in [6, 6.07) is 4.07. The molecule has 1 N–H and O–H groups in total. The fraction of sp³-hybridized carbons (Fsp3) is 0.565. The largest absolute Gasteiger partial charge is 0.508 e. The lowest BCUT2D eigenvalue weighted by atomic mass is 9.99. The Bertz CT molecular complexity index is 1210. The van der Waals surface area contributed by atoms with Crippen LogP contribution in [0.3, 0.4) is 0 Å². The lowest BCUT2D eigenvalue weighted by molar-refractivity contribution is -0.240. The molecule has 12 heteroatoms. The summed E-state index contributed by atoms with van der Waals surface area (Å²) in [5.74, 6) is -1.82. The highest BCUT2D eigenvalue weighted by molar-refractivity contribution is 9.10. The molecular weight excluding hydrogens is 532 g/mol. The molecule has 1 aromatic carbocycles. The van der Waals surface area contributed by atoms with E-state index in [9.17, 15) is 14.7 Å². The minimum Gasteiger partial charge on any atom is -0.507 e.